The van der Waals surface area contributed by atoms with Crippen LogP contribution in [0.4, 0.5) is 4.39 Å². The standard InChI is InChI=1S/C15H12ClFN2O4S/c1-8-2-9-4-12(5-13(16)14(9)23-8)24(21,22)19-15(20)10-3-11(17)7-18-6-10/h3-8H,2H2,1H3,(H,19,20). The monoisotopic (exact) mass is 370 g/mol. The zero-order chi connectivity index (χ0) is 17.5. The van der Waals surface area contributed by atoms with Gasteiger partial charge in [-0.2, -0.15) is 0 Å². The largest absolute Gasteiger partial charge is 0.489 e. The van der Waals surface area contributed by atoms with Gasteiger partial charge in [0.1, 0.15) is 17.7 Å². The van der Waals surface area contributed by atoms with Gasteiger partial charge in [0.2, 0.25) is 0 Å². The van der Waals surface area contributed by atoms with Crippen LogP contribution in [-0.4, -0.2) is 25.4 Å². The van der Waals surface area contributed by atoms with Crippen molar-refractivity contribution >= 4 is 27.5 Å². The first-order chi connectivity index (χ1) is 11.3. The number of nitrogens with one attached hydrogen (secondary N) is 1. The van der Waals surface area contributed by atoms with E-state index < -0.39 is 21.7 Å². The van der Waals surface area contributed by atoms with Crippen molar-refractivity contribution in [3.05, 3.63) is 52.6 Å². The van der Waals surface area contributed by atoms with Crippen LogP contribution in [0.3, 0.4) is 0 Å². The van der Waals surface area contributed by atoms with Crippen molar-refractivity contribution in [1.82, 2.24) is 9.71 Å². The molecule has 1 aromatic carbocycles. The quantitative estimate of drug-likeness (QED) is 0.896. The summed E-state index contributed by atoms with van der Waals surface area (Å²) in [7, 11) is -4.17. The second-order valence-corrected chi connectivity index (χ2v) is 7.44. The van der Waals surface area contributed by atoms with Crippen LogP contribution < -0.4 is 9.46 Å². The van der Waals surface area contributed by atoms with E-state index in [0.717, 1.165) is 18.5 Å². The number of fused-ring (bicyclic) bond motifs is 1. The van der Waals surface area contributed by atoms with Crippen molar-refractivity contribution in [2.24, 2.45) is 0 Å². The van der Waals surface area contributed by atoms with Crippen molar-refractivity contribution in [1.29, 1.82) is 0 Å². The Morgan fingerprint density at radius 1 is 1.38 bits per heavy atom. The summed E-state index contributed by atoms with van der Waals surface area (Å²) < 4.78 is 45.3. The highest BCUT2D eigenvalue weighted by Crippen LogP contribution is 2.37. The highest BCUT2D eigenvalue weighted by atomic mass is 35.5. The van der Waals surface area contributed by atoms with Gasteiger partial charge in [-0.05, 0) is 25.1 Å². The van der Waals surface area contributed by atoms with Gasteiger partial charge in [0.05, 0.1) is 21.7 Å². The fourth-order valence-electron chi connectivity index (χ4n) is 2.39. The third kappa shape index (κ3) is 3.20. The van der Waals surface area contributed by atoms with Crippen LogP contribution in [0.2, 0.25) is 5.02 Å². The molecule has 1 N–H and O–H groups in total. The van der Waals surface area contributed by atoms with E-state index in [2.05, 4.69) is 4.98 Å². The predicted molar refractivity (Wildman–Crippen MR) is 84.1 cm³/mol. The summed E-state index contributed by atoms with van der Waals surface area (Å²) in [6.45, 7) is 1.84. The molecule has 0 fully saturated rings. The number of pyridine rings is 1. The molecule has 1 aromatic heterocycles. The molecule has 3 rings (SSSR count). The summed E-state index contributed by atoms with van der Waals surface area (Å²) in [5.74, 6) is -1.28. The molecule has 1 aliphatic rings. The van der Waals surface area contributed by atoms with Gasteiger partial charge in [-0.3, -0.25) is 9.78 Å². The van der Waals surface area contributed by atoms with Gasteiger partial charge in [-0.1, -0.05) is 11.6 Å². The first-order valence-corrected chi connectivity index (χ1v) is 8.79. The molecule has 1 amide bonds. The van der Waals surface area contributed by atoms with Crippen LogP contribution in [0.1, 0.15) is 22.8 Å². The highest BCUT2D eigenvalue weighted by Gasteiger charge is 2.27. The van der Waals surface area contributed by atoms with Crippen LogP contribution in [-0.2, 0) is 16.4 Å². The smallest absolute Gasteiger partial charge is 0.266 e. The van der Waals surface area contributed by atoms with Gasteiger partial charge >= 0.3 is 0 Å². The predicted octanol–water partition coefficient (Wildman–Crippen LogP) is 2.32. The van der Waals surface area contributed by atoms with Crippen molar-refractivity contribution in [3.63, 3.8) is 0 Å². The van der Waals surface area contributed by atoms with Crippen LogP contribution in [0.15, 0.2) is 35.5 Å². The third-order valence-corrected chi connectivity index (χ3v) is 5.02. The Kier molecular flexibility index (Phi) is 4.18. The zero-order valence-electron chi connectivity index (χ0n) is 12.4. The summed E-state index contributed by atoms with van der Waals surface area (Å²) in [5.41, 5.74) is 0.443. The second-order valence-electron chi connectivity index (χ2n) is 5.35. The number of aromatic nitrogens is 1. The Morgan fingerprint density at radius 2 is 2.12 bits per heavy atom. The molecule has 6 nitrogen and oxygen atoms in total. The summed E-state index contributed by atoms with van der Waals surface area (Å²) in [4.78, 5) is 15.3. The van der Waals surface area contributed by atoms with E-state index >= 15 is 0 Å². The van der Waals surface area contributed by atoms with E-state index in [1.165, 1.54) is 12.1 Å². The summed E-state index contributed by atoms with van der Waals surface area (Å²) >= 11 is 6.06. The number of halogens is 2. The molecule has 2 aromatic rings. The highest BCUT2D eigenvalue weighted by molar-refractivity contribution is 7.90. The first kappa shape index (κ1) is 16.7. The number of nitrogens with zero attached hydrogens (tertiary/aromatic N) is 1. The van der Waals surface area contributed by atoms with Crippen LogP contribution in [0, 0.1) is 5.82 Å². The lowest BCUT2D eigenvalue weighted by molar-refractivity contribution is 0.0980. The lowest BCUT2D eigenvalue weighted by Gasteiger charge is -2.09. The molecular weight excluding hydrogens is 359 g/mol. The summed E-state index contributed by atoms with van der Waals surface area (Å²) in [6, 6.07) is 3.51. The molecule has 126 valence electrons. The maximum absolute atomic E-state index is 13.1. The number of hydrogen-bond donors (Lipinski definition) is 1. The molecule has 24 heavy (non-hydrogen) atoms. The van der Waals surface area contributed by atoms with Crippen molar-refractivity contribution in [3.8, 4) is 5.75 Å². The normalized spacial score (nSPS) is 16.4. The van der Waals surface area contributed by atoms with E-state index in [0.29, 0.717) is 17.7 Å². The van der Waals surface area contributed by atoms with Gasteiger partial charge in [0, 0.05) is 18.2 Å². The summed E-state index contributed by atoms with van der Waals surface area (Å²) in [5, 5.41) is 0.150. The Morgan fingerprint density at radius 3 is 2.83 bits per heavy atom. The van der Waals surface area contributed by atoms with Crippen molar-refractivity contribution < 1.29 is 22.3 Å². The molecule has 0 spiro atoms. The number of ether oxygens (including phenoxy) is 1. The fourth-order valence-corrected chi connectivity index (χ4v) is 3.79. The molecule has 0 bridgehead atoms. The number of hydrogen-bond acceptors (Lipinski definition) is 5. The van der Waals surface area contributed by atoms with E-state index in [1.54, 1.807) is 0 Å². The lowest BCUT2D eigenvalue weighted by atomic mass is 10.1. The minimum Gasteiger partial charge on any atom is -0.489 e. The Bertz CT molecular complexity index is 933. The van der Waals surface area contributed by atoms with Gasteiger partial charge in [0.15, 0.2) is 0 Å². The van der Waals surface area contributed by atoms with Crippen LogP contribution >= 0.6 is 11.6 Å². The topological polar surface area (TPSA) is 85.4 Å². The van der Waals surface area contributed by atoms with E-state index in [-0.39, 0.29) is 21.6 Å². The minimum atomic E-state index is -4.17. The molecule has 0 saturated heterocycles. The summed E-state index contributed by atoms with van der Waals surface area (Å²) in [6.07, 6.45) is 2.38. The first-order valence-electron chi connectivity index (χ1n) is 6.93. The number of amides is 1. The van der Waals surface area contributed by atoms with Gasteiger partial charge in [0.25, 0.3) is 15.9 Å². The lowest BCUT2D eigenvalue weighted by Crippen LogP contribution is -2.30. The minimum absolute atomic E-state index is 0.108. The average Bonchev–Trinajstić information content (AvgIpc) is 2.88. The van der Waals surface area contributed by atoms with Gasteiger partial charge in [-0.25, -0.2) is 17.5 Å². The van der Waals surface area contributed by atoms with Crippen molar-refractivity contribution in [2.45, 2.75) is 24.3 Å². The average molecular weight is 371 g/mol. The van der Waals surface area contributed by atoms with Gasteiger partial charge < -0.3 is 4.74 Å². The SMILES string of the molecule is CC1Cc2cc(S(=O)(=O)NC(=O)c3cncc(F)c3)cc(Cl)c2O1. The third-order valence-electron chi connectivity index (χ3n) is 3.42. The van der Waals surface area contributed by atoms with E-state index in [1.807, 2.05) is 11.6 Å². The van der Waals surface area contributed by atoms with Gasteiger partial charge in [-0.15, -0.1) is 0 Å². The maximum atomic E-state index is 13.1. The van der Waals surface area contributed by atoms with E-state index in [9.17, 15) is 17.6 Å². The number of sulfonamides is 1. The molecule has 2 heterocycles. The second kappa shape index (κ2) is 6.03. The number of benzene rings is 1. The molecular formula is C15H12ClFN2O4S. The van der Waals surface area contributed by atoms with E-state index in [4.69, 9.17) is 16.3 Å². The molecule has 9 heteroatoms. The number of carbonyl (C=O) groups excluding carboxylic acids is 1. The Balaban J connectivity index is 1.90. The number of carbonyl (C=O) groups is 1. The fraction of sp³-hybridized carbons (Fsp3) is 0.200. The zero-order valence-corrected chi connectivity index (χ0v) is 14.0. The molecule has 0 aliphatic carbocycles. The maximum Gasteiger partial charge on any atom is 0.266 e. The Hall–Kier alpha value is -2.19. The van der Waals surface area contributed by atoms with Crippen LogP contribution in [0.5, 0.6) is 5.75 Å². The molecule has 1 aliphatic heterocycles. The molecule has 0 radical (unpaired) electrons. The number of rotatable bonds is 3. The molecule has 1 atom stereocenters. The molecule has 0 saturated carbocycles. The Labute approximate surface area is 142 Å². The van der Waals surface area contributed by atoms with Crippen LogP contribution in [0.25, 0.3) is 0 Å². The van der Waals surface area contributed by atoms with Crippen molar-refractivity contribution in [2.75, 3.05) is 0 Å². The molecule has 1 unspecified atom stereocenters.